The number of amides is 2. The number of carboxylic acids is 1. The molecule has 2 amide bonds. The minimum atomic E-state index is -0.780. The largest absolute Gasteiger partial charge is 0.481 e. The first-order chi connectivity index (χ1) is 9.08. The summed E-state index contributed by atoms with van der Waals surface area (Å²) in [7, 11) is 0. The fraction of sp³-hybridized carbons (Fsp3) is 0.538. The zero-order valence-electron chi connectivity index (χ0n) is 11.0. The van der Waals surface area contributed by atoms with Gasteiger partial charge in [0.25, 0.3) is 0 Å². The first-order valence-electron chi connectivity index (χ1n) is 6.32. The van der Waals surface area contributed by atoms with Crippen molar-refractivity contribution in [3.05, 3.63) is 24.2 Å². The molecular weight excluding hydrogens is 248 g/mol. The maximum atomic E-state index is 11.4. The number of urea groups is 1. The topological polar surface area (TPSA) is 91.6 Å². The van der Waals surface area contributed by atoms with E-state index in [1.807, 2.05) is 6.92 Å². The Bertz CT molecular complexity index is 389. The molecule has 0 aliphatic rings. The first kappa shape index (κ1) is 15.1. The van der Waals surface area contributed by atoms with Gasteiger partial charge in [-0.1, -0.05) is 6.92 Å². The van der Waals surface area contributed by atoms with Gasteiger partial charge < -0.3 is 20.2 Å². The molecule has 1 unspecified atom stereocenters. The van der Waals surface area contributed by atoms with E-state index >= 15 is 0 Å². The third-order valence-corrected chi connectivity index (χ3v) is 2.81. The van der Waals surface area contributed by atoms with Crippen LogP contribution in [-0.4, -0.2) is 23.7 Å². The van der Waals surface area contributed by atoms with Crippen molar-refractivity contribution in [2.45, 2.75) is 32.7 Å². The van der Waals surface area contributed by atoms with E-state index in [1.54, 1.807) is 18.6 Å². The molecule has 0 spiro atoms. The Morgan fingerprint density at radius 3 is 2.79 bits per heavy atom. The number of furan rings is 1. The smallest absolute Gasteiger partial charge is 0.315 e. The first-order valence-corrected chi connectivity index (χ1v) is 6.32. The van der Waals surface area contributed by atoms with Crippen LogP contribution in [0.3, 0.4) is 0 Å². The van der Waals surface area contributed by atoms with Crippen molar-refractivity contribution in [2.75, 3.05) is 6.54 Å². The van der Waals surface area contributed by atoms with Gasteiger partial charge in [-0.3, -0.25) is 4.79 Å². The molecule has 106 valence electrons. The van der Waals surface area contributed by atoms with Crippen molar-refractivity contribution in [2.24, 2.45) is 5.92 Å². The maximum Gasteiger partial charge on any atom is 0.315 e. The van der Waals surface area contributed by atoms with Gasteiger partial charge in [0.2, 0.25) is 0 Å². The maximum absolute atomic E-state index is 11.4. The number of aliphatic carboxylic acids is 1. The van der Waals surface area contributed by atoms with Crippen LogP contribution in [0.1, 0.15) is 31.7 Å². The van der Waals surface area contributed by atoms with Crippen LogP contribution < -0.4 is 10.6 Å². The summed E-state index contributed by atoms with van der Waals surface area (Å²) in [5.74, 6) is -0.497. The lowest BCUT2D eigenvalue weighted by atomic mass is 10.0. The highest BCUT2D eigenvalue weighted by molar-refractivity contribution is 5.73. The lowest BCUT2D eigenvalue weighted by Gasteiger charge is -2.11. The molecule has 6 heteroatoms. The summed E-state index contributed by atoms with van der Waals surface area (Å²) in [4.78, 5) is 21.8. The van der Waals surface area contributed by atoms with E-state index in [-0.39, 0.29) is 18.4 Å². The van der Waals surface area contributed by atoms with Gasteiger partial charge in [0, 0.05) is 25.1 Å². The van der Waals surface area contributed by atoms with Crippen LogP contribution in [0, 0.1) is 5.92 Å². The Kier molecular flexibility index (Phi) is 6.49. The van der Waals surface area contributed by atoms with E-state index in [0.717, 1.165) is 12.0 Å². The molecule has 1 aromatic rings. The molecule has 1 atom stereocenters. The number of carbonyl (C=O) groups excluding carboxylic acids is 1. The van der Waals surface area contributed by atoms with E-state index in [4.69, 9.17) is 9.52 Å². The monoisotopic (exact) mass is 268 g/mol. The molecule has 3 N–H and O–H groups in total. The van der Waals surface area contributed by atoms with Crippen LogP contribution in [0.4, 0.5) is 4.79 Å². The van der Waals surface area contributed by atoms with Crippen LogP contribution in [-0.2, 0) is 11.3 Å². The standard InChI is InChI=1S/C13H20N2O4/c1-10(2-3-12(16)17)4-6-14-13(18)15-8-11-5-7-19-9-11/h5,7,9-10H,2-4,6,8H2,1H3,(H,16,17)(H2,14,15,18). The minimum absolute atomic E-state index is 0.174. The van der Waals surface area contributed by atoms with Crippen LogP contribution >= 0.6 is 0 Å². The lowest BCUT2D eigenvalue weighted by Crippen LogP contribution is -2.35. The molecule has 0 bridgehead atoms. The van der Waals surface area contributed by atoms with Gasteiger partial charge in [0.1, 0.15) is 0 Å². The molecule has 0 fully saturated rings. The molecule has 0 saturated heterocycles. The van der Waals surface area contributed by atoms with Crippen molar-refractivity contribution in [1.29, 1.82) is 0 Å². The predicted molar refractivity (Wildman–Crippen MR) is 69.6 cm³/mol. The van der Waals surface area contributed by atoms with E-state index in [0.29, 0.717) is 19.5 Å². The normalized spacial score (nSPS) is 11.8. The molecule has 1 rings (SSSR count). The van der Waals surface area contributed by atoms with Crippen LogP contribution in [0.25, 0.3) is 0 Å². The fourth-order valence-electron chi connectivity index (χ4n) is 1.58. The van der Waals surface area contributed by atoms with Crippen molar-refractivity contribution >= 4 is 12.0 Å². The number of carboxylic acid groups (broad SMARTS) is 1. The molecule has 1 aromatic heterocycles. The molecular formula is C13H20N2O4. The van der Waals surface area contributed by atoms with Gasteiger partial charge in [0.05, 0.1) is 12.5 Å². The Morgan fingerprint density at radius 2 is 2.16 bits per heavy atom. The highest BCUT2D eigenvalue weighted by atomic mass is 16.4. The van der Waals surface area contributed by atoms with Gasteiger partial charge in [0.15, 0.2) is 0 Å². The van der Waals surface area contributed by atoms with Crippen LogP contribution in [0.2, 0.25) is 0 Å². The SMILES string of the molecule is CC(CCNC(=O)NCc1ccoc1)CCC(=O)O. The van der Waals surface area contributed by atoms with Gasteiger partial charge in [-0.25, -0.2) is 4.79 Å². The third kappa shape index (κ3) is 7.13. The lowest BCUT2D eigenvalue weighted by molar-refractivity contribution is -0.137. The Morgan fingerprint density at radius 1 is 1.37 bits per heavy atom. The van der Waals surface area contributed by atoms with Crippen LogP contribution in [0.5, 0.6) is 0 Å². The number of carbonyl (C=O) groups is 2. The van der Waals surface area contributed by atoms with Crippen molar-refractivity contribution in [1.82, 2.24) is 10.6 Å². The number of hydrogen-bond donors (Lipinski definition) is 3. The Balaban J connectivity index is 2.05. The minimum Gasteiger partial charge on any atom is -0.481 e. The quantitative estimate of drug-likeness (QED) is 0.672. The summed E-state index contributed by atoms with van der Waals surface area (Å²) in [5, 5.41) is 14.0. The summed E-state index contributed by atoms with van der Waals surface area (Å²) in [6.07, 6.45) is 4.71. The highest BCUT2D eigenvalue weighted by Crippen LogP contribution is 2.09. The second-order valence-electron chi connectivity index (χ2n) is 4.57. The molecule has 0 saturated carbocycles. The molecule has 1 heterocycles. The molecule has 0 radical (unpaired) electrons. The van der Waals surface area contributed by atoms with Gasteiger partial charge in [-0.05, 0) is 24.8 Å². The van der Waals surface area contributed by atoms with E-state index in [1.165, 1.54) is 0 Å². The molecule has 0 aliphatic carbocycles. The zero-order chi connectivity index (χ0) is 14.1. The molecule has 0 aliphatic heterocycles. The van der Waals surface area contributed by atoms with Gasteiger partial charge >= 0.3 is 12.0 Å². The Hall–Kier alpha value is -1.98. The Labute approximate surface area is 112 Å². The second kappa shape index (κ2) is 8.18. The van der Waals surface area contributed by atoms with Gasteiger partial charge in [-0.15, -0.1) is 0 Å². The summed E-state index contributed by atoms with van der Waals surface area (Å²) in [6, 6.07) is 1.56. The molecule has 6 nitrogen and oxygen atoms in total. The number of nitrogens with one attached hydrogen (secondary N) is 2. The average molecular weight is 268 g/mol. The number of hydrogen-bond acceptors (Lipinski definition) is 3. The summed E-state index contributed by atoms with van der Waals surface area (Å²) < 4.78 is 4.89. The van der Waals surface area contributed by atoms with E-state index < -0.39 is 5.97 Å². The van der Waals surface area contributed by atoms with Crippen molar-refractivity contribution in [3.8, 4) is 0 Å². The van der Waals surface area contributed by atoms with Crippen molar-refractivity contribution < 1.29 is 19.1 Å². The third-order valence-electron chi connectivity index (χ3n) is 2.81. The number of rotatable bonds is 8. The summed E-state index contributed by atoms with van der Waals surface area (Å²) in [5.41, 5.74) is 0.907. The zero-order valence-corrected chi connectivity index (χ0v) is 11.0. The summed E-state index contributed by atoms with van der Waals surface area (Å²) in [6.45, 7) is 2.95. The summed E-state index contributed by atoms with van der Waals surface area (Å²) >= 11 is 0. The predicted octanol–water partition coefficient (Wildman–Crippen LogP) is 1.97. The van der Waals surface area contributed by atoms with Crippen molar-refractivity contribution in [3.63, 3.8) is 0 Å². The fourth-order valence-corrected chi connectivity index (χ4v) is 1.58. The van der Waals surface area contributed by atoms with Gasteiger partial charge in [-0.2, -0.15) is 0 Å². The average Bonchev–Trinajstić information content (AvgIpc) is 2.87. The van der Waals surface area contributed by atoms with Crippen LogP contribution in [0.15, 0.2) is 23.0 Å². The second-order valence-corrected chi connectivity index (χ2v) is 4.57. The molecule has 19 heavy (non-hydrogen) atoms. The van der Waals surface area contributed by atoms with E-state index in [2.05, 4.69) is 10.6 Å². The highest BCUT2D eigenvalue weighted by Gasteiger charge is 2.06. The molecule has 0 aromatic carbocycles. The van der Waals surface area contributed by atoms with E-state index in [9.17, 15) is 9.59 Å².